The van der Waals surface area contributed by atoms with Crippen LogP contribution in [0.1, 0.15) is 42.9 Å². The molecule has 0 spiro atoms. The summed E-state index contributed by atoms with van der Waals surface area (Å²) in [6.07, 6.45) is 10.5. The second-order valence-corrected chi connectivity index (χ2v) is 11.7. The molecular weight excluding hydrogens is 566 g/mol. The van der Waals surface area contributed by atoms with Gasteiger partial charge in [0, 0.05) is 49.9 Å². The number of carbonyl (C=O) groups excluding carboxylic acids is 1. The molecular formula is C34H37N9O2. The van der Waals surface area contributed by atoms with Crippen LogP contribution in [0, 0.1) is 0 Å². The van der Waals surface area contributed by atoms with E-state index in [2.05, 4.69) is 35.1 Å². The van der Waals surface area contributed by atoms with Gasteiger partial charge >= 0.3 is 0 Å². The Bertz CT molecular complexity index is 1860. The van der Waals surface area contributed by atoms with E-state index in [1.54, 1.807) is 6.20 Å². The number of hydrogen-bond acceptors (Lipinski definition) is 8. The average Bonchev–Trinajstić information content (AvgIpc) is 3.45. The Labute approximate surface area is 261 Å². The van der Waals surface area contributed by atoms with Gasteiger partial charge in [0.15, 0.2) is 17.3 Å². The summed E-state index contributed by atoms with van der Waals surface area (Å²) in [6.45, 7) is 5.89. The third kappa shape index (κ3) is 5.78. The normalized spacial score (nSPS) is 16.2. The van der Waals surface area contributed by atoms with Crippen LogP contribution in [0.4, 0.5) is 5.82 Å². The largest absolute Gasteiger partial charge is 0.493 e. The molecule has 0 bridgehead atoms. The van der Waals surface area contributed by atoms with Gasteiger partial charge in [-0.2, -0.15) is 5.10 Å². The topological polar surface area (TPSA) is 129 Å². The maximum atomic E-state index is 11.1. The molecule has 230 valence electrons. The summed E-state index contributed by atoms with van der Waals surface area (Å²) in [6, 6.07) is 16.6. The van der Waals surface area contributed by atoms with Gasteiger partial charge in [-0.25, -0.2) is 19.6 Å². The fourth-order valence-electron chi connectivity index (χ4n) is 5.98. The number of rotatable bonds is 6. The van der Waals surface area contributed by atoms with E-state index in [-0.39, 0.29) is 5.91 Å². The molecule has 11 heteroatoms. The summed E-state index contributed by atoms with van der Waals surface area (Å²) in [4.78, 5) is 27.2. The Balaban J connectivity index is 0.000000230. The standard InChI is InChI=1S/C25H21N7O.C9H16N2O/c26-23-18(2-1-11-27-23)24-28-20-7-8-22(31-12-9-19(30-31)15-3-4-15)29-25(20)32(24)17-6-5-16-10-13-33-21(16)14-17;1-3-9(12)11-6-4-8(10-2)5-7-11/h1-2,5-9,11-12,14-15H,3-4,10,13H2,(H2,26,27);3,8,10H,1,4-7H2,2H3. The first-order chi connectivity index (χ1) is 22.0. The minimum Gasteiger partial charge on any atom is -0.493 e. The third-order valence-electron chi connectivity index (χ3n) is 8.74. The van der Waals surface area contributed by atoms with E-state index < -0.39 is 0 Å². The summed E-state index contributed by atoms with van der Waals surface area (Å²) < 4.78 is 9.71. The maximum Gasteiger partial charge on any atom is 0.245 e. The van der Waals surface area contributed by atoms with E-state index in [9.17, 15) is 4.79 Å². The zero-order valence-electron chi connectivity index (χ0n) is 25.4. The minimum atomic E-state index is 0.0598. The Morgan fingerprint density at radius 1 is 1.09 bits per heavy atom. The van der Waals surface area contributed by atoms with Crippen molar-refractivity contribution in [2.24, 2.45) is 0 Å². The maximum absolute atomic E-state index is 11.1. The smallest absolute Gasteiger partial charge is 0.245 e. The number of anilines is 1. The second kappa shape index (κ2) is 12.2. The van der Waals surface area contributed by atoms with Gasteiger partial charge in [-0.05, 0) is 80.8 Å². The number of hydrogen-bond donors (Lipinski definition) is 2. The van der Waals surface area contributed by atoms with Crippen LogP contribution in [-0.4, -0.2) is 72.9 Å². The van der Waals surface area contributed by atoms with E-state index in [4.69, 9.17) is 25.5 Å². The van der Waals surface area contributed by atoms with Crippen molar-refractivity contribution in [1.82, 2.24) is 39.5 Å². The van der Waals surface area contributed by atoms with Gasteiger partial charge in [-0.3, -0.25) is 9.36 Å². The van der Waals surface area contributed by atoms with Gasteiger partial charge in [-0.1, -0.05) is 12.6 Å². The third-order valence-corrected chi connectivity index (χ3v) is 8.74. The highest BCUT2D eigenvalue weighted by atomic mass is 16.5. The predicted molar refractivity (Wildman–Crippen MR) is 174 cm³/mol. The average molecular weight is 604 g/mol. The van der Waals surface area contributed by atoms with Crippen LogP contribution in [0.25, 0.3) is 34.1 Å². The lowest BCUT2D eigenvalue weighted by Crippen LogP contribution is -2.43. The number of aromatic nitrogens is 6. The molecule has 1 aliphatic carbocycles. The van der Waals surface area contributed by atoms with Crippen LogP contribution in [0.15, 0.2) is 73.6 Å². The summed E-state index contributed by atoms with van der Waals surface area (Å²) >= 11 is 0. The van der Waals surface area contributed by atoms with Gasteiger partial charge in [0.05, 0.1) is 23.6 Å². The number of nitrogen functional groups attached to an aromatic ring is 1. The molecule has 2 fully saturated rings. The first-order valence-corrected chi connectivity index (χ1v) is 15.5. The molecule has 4 aromatic heterocycles. The predicted octanol–water partition coefficient (Wildman–Crippen LogP) is 4.45. The van der Waals surface area contributed by atoms with E-state index in [1.165, 1.54) is 24.5 Å². The molecule has 1 aromatic carbocycles. The first kappa shape index (κ1) is 28.7. The van der Waals surface area contributed by atoms with Crippen molar-refractivity contribution in [1.29, 1.82) is 0 Å². The summed E-state index contributed by atoms with van der Waals surface area (Å²) in [7, 11) is 1.97. The van der Waals surface area contributed by atoms with Gasteiger partial charge in [-0.15, -0.1) is 0 Å². The molecule has 1 amide bonds. The number of nitrogens with one attached hydrogen (secondary N) is 1. The second-order valence-electron chi connectivity index (χ2n) is 11.7. The molecule has 1 saturated carbocycles. The van der Waals surface area contributed by atoms with Crippen LogP contribution in [0.5, 0.6) is 5.75 Å². The lowest BCUT2D eigenvalue weighted by Gasteiger charge is -2.30. The molecule has 0 unspecified atom stereocenters. The number of ether oxygens (including phenoxy) is 1. The highest BCUT2D eigenvalue weighted by Crippen LogP contribution is 2.39. The molecule has 11 nitrogen and oxygen atoms in total. The number of nitrogens with two attached hydrogens (primary N) is 1. The minimum absolute atomic E-state index is 0.0598. The number of amides is 1. The number of pyridine rings is 2. The Morgan fingerprint density at radius 3 is 2.69 bits per heavy atom. The number of piperidine rings is 1. The van der Waals surface area contributed by atoms with E-state index in [1.807, 2.05) is 57.7 Å². The first-order valence-electron chi connectivity index (χ1n) is 15.5. The van der Waals surface area contributed by atoms with E-state index >= 15 is 0 Å². The Hall–Kier alpha value is -5.03. The molecule has 8 rings (SSSR count). The molecule has 3 aliphatic rings. The van der Waals surface area contributed by atoms with Crippen molar-refractivity contribution in [3.05, 3.63) is 84.8 Å². The van der Waals surface area contributed by atoms with Crippen molar-refractivity contribution in [2.75, 3.05) is 32.5 Å². The fourth-order valence-corrected chi connectivity index (χ4v) is 5.98. The monoisotopic (exact) mass is 603 g/mol. The Kier molecular flexibility index (Phi) is 7.76. The highest BCUT2D eigenvalue weighted by molar-refractivity contribution is 5.87. The van der Waals surface area contributed by atoms with Crippen molar-refractivity contribution >= 4 is 22.9 Å². The van der Waals surface area contributed by atoms with E-state index in [0.29, 0.717) is 30.2 Å². The number of likely N-dealkylation sites (tertiary alicyclic amines) is 1. The number of imidazole rings is 1. The summed E-state index contributed by atoms with van der Waals surface area (Å²) in [5, 5.41) is 7.97. The molecule has 2 aliphatic heterocycles. The quantitative estimate of drug-likeness (QED) is 0.273. The van der Waals surface area contributed by atoms with Crippen LogP contribution in [0.2, 0.25) is 0 Å². The Morgan fingerprint density at radius 2 is 1.93 bits per heavy atom. The molecule has 0 atom stereocenters. The van der Waals surface area contributed by atoms with Crippen LogP contribution in [-0.2, 0) is 11.2 Å². The highest BCUT2D eigenvalue weighted by Gasteiger charge is 2.26. The summed E-state index contributed by atoms with van der Waals surface area (Å²) in [5.74, 6) is 3.41. The number of fused-ring (bicyclic) bond motifs is 2. The van der Waals surface area contributed by atoms with Gasteiger partial charge < -0.3 is 20.7 Å². The van der Waals surface area contributed by atoms with Gasteiger partial charge in [0.1, 0.15) is 17.1 Å². The lowest BCUT2D eigenvalue weighted by atomic mass is 10.1. The molecule has 5 aromatic rings. The van der Waals surface area contributed by atoms with Crippen molar-refractivity contribution in [3.63, 3.8) is 0 Å². The van der Waals surface area contributed by atoms with Gasteiger partial charge in [0.25, 0.3) is 0 Å². The molecule has 45 heavy (non-hydrogen) atoms. The summed E-state index contributed by atoms with van der Waals surface area (Å²) in [5.41, 5.74) is 11.8. The van der Waals surface area contributed by atoms with Gasteiger partial charge in [0.2, 0.25) is 5.91 Å². The lowest BCUT2D eigenvalue weighted by molar-refractivity contribution is -0.127. The fraction of sp³-hybridized carbons (Fsp3) is 0.324. The van der Waals surface area contributed by atoms with Crippen LogP contribution in [0.3, 0.4) is 0 Å². The number of carbonyl (C=O) groups is 1. The van der Waals surface area contributed by atoms with Crippen LogP contribution < -0.4 is 15.8 Å². The molecule has 3 N–H and O–H groups in total. The van der Waals surface area contributed by atoms with Crippen molar-refractivity contribution in [3.8, 4) is 28.6 Å². The molecule has 0 radical (unpaired) electrons. The van der Waals surface area contributed by atoms with Crippen LogP contribution >= 0.6 is 0 Å². The molecule has 1 saturated heterocycles. The number of nitrogens with zero attached hydrogens (tertiary/aromatic N) is 7. The van der Waals surface area contributed by atoms with Crippen molar-refractivity contribution in [2.45, 2.75) is 44.1 Å². The molecule has 6 heterocycles. The zero-order valence-corrected chi connectivity index (χ0v) is 25.4. The number of benzene rings is 1. The SMILES string of the molecule is C=CC(=O)N1CCC(NC)CC1.Nc1ncccc1-c1nc2ccc(-n3ccc(C4CC4)n3)nc2n1-c1ccc2c(c1)OCC2. The van der Waals surface area contributed by atoms with Crippen molar-refractivity contribution < 1.29 is 9.53 Å². The zero-order chi connectivity index (χ0) is 30.9. The van der Waals surface area contributed by atoms with E-state index in [0.717, 1.165) is 72.0 Å².